The monoisotopic (exact) mass is 388 g/mol. The van der Waals surface area contributed by atoms with E-state index >= 15 is 0 Å². The van der Waals surface area contributed by atoms with Crippen molar-refractivity contribution in [2.45, 2.75) is 19.9 Å². The van der Waals surface area contributed by atoms with Crippen LogP contribution in [0.4, 0.5) is 5.69 Å². The lowest BCUT2D eigenvalue weighted by Crippen LogP contribution is -2.15. The summed E-state index contributed by atoms with van der Waals surface area (Å²) >= 11 is 1.59. The zero-order valence-electron chi connectivity index (χ0n) is 15.5. The highest BCUT2D eigenvalue weighted by Crippen LogP contribution is 2.23. The minimum atomic E-state index is -0.141. The molecule has 0 fully saturated rings. The Labute approximate surface area is 167 Å². The molecule has 1 amide bonds. The molecule has 140 valence electrons. The average Bonchev–Trinajstić information content (AvgIpc) is 3.39. The molecule has 0 saturated carbocycles. The van der Waals surface area contributed by atoms with E-state index in [2.05, 4.69) is 27.5 Å². The quantitative estimate of drug-likeness (QED) is 0.513. The Bertz CT molecular complexity index is 1050. The number of nitrogens with one attached hydrogen (secondary N) is 1. The summed E-state index contributed by atoms with van der Waals surface area (Å²) in [6.07, 6.45) is 4.18. The molecule has 0 aliphatic rings. The van der Waals surface area contributed by atoms with E-state index in [-0.39, 0.29) is 5.91 Å². The summed E-state index contributed by atoms with van der Waals surface area (Å²) in [4.78, 5) is 17.1. The van der Waals surface area contributed by atoms with Crippen LogP contribution >= 0.6 is 11.3 Å². The van der Waals surface area contributed by atoms with Crippen molar-refractivity contribution in [3.8, 4) is 10.6 Å². The van der Waals surface area contributed by atoms with Gasteiger partial charge in [0.25, 0.3) is 5.91 Å². The Morgan fingerprint density at radius 2 is 1.89 bits per heavy atom. The van der Waals surface area contributed by atoms with Crippen LogP contribution < -0.4 is 5.32 Å². The maximum absolute atomic E-state index is 12.8. The minimum Gasteiger partial charge on any atom is -0.322 e. The molecule has 0 bridgehead atoms. The lowest BCUT2D eigenvalue weighted by molar-refractivity contribution is 0.102. The van der Waals surface area contributed by atoms with Gasteiger partial charge in [-0.3, -0.25) is 9.48 Å². The fourth-order valence-corrected chi connectivity index (χ4v) is 3.77. The summed E-state index contributed by atoms with van der Waals surface area (Å²) in [5, 5.41) is 10.3. The Hall–Kier alpha value is -3.25. The lowest BCUT2D eigenvalue weighted by atomic mass is 10.1. The number of amides is 1. The molecule has 4 aromatic rings. The summed E-state index contributed by atoms with van der Waals surface area (Å²) < 4.78 is 1.90. The molecule has 2 aromatic carbocycles. The van der Waals surface area contributed by atoms with E-state index in [0.29, 0.717) is 12.1 Å². The van der Waals surface area contributed by atoms with Crippen molar-refractivity contribution >= 4 is 22.9 Å². The number of rotatable bonds is 6. The first kappa shape index (κ1) is 18.1. The third-order valence-electron chi connectivity index (χ3n) is 4.53. The van der Waals surface area contributed by atoms with Gasteiger partial charge in [0.1, 0.15) is 5.01 Å². The summed E-state index contributed by atoms with van der Waals surface area (Å²) in [6, 6.07) is 17.9. The predicted octanol–water partition coefficient (Wildman–Crippen LogP) is 4.87. The first-order valence-electron chi connectivity index (χ1n) is 9.14. The summed E-state index contributed by atoms with van der Waals surface area (Å²) in [5.41, 5.74) is 4.49. The molecule has 0 radical (unpaired) electrons. The molecule has 5 nitrogen and oxygen atoms in total. The maximum atomic E-state index is 12.8. The van der Waals surface area contributed by atoms with Crippen LogP contribution in [0.1, 0.15) is 28.5 Å². The molecule has 0 atom stereocenters. The van der Waals surface area contributed by atoms with Gasteiger partial charge in [-0.1, -0.05) is 37.3 Å². The minimum absolute atomic E-state index is 0.141. The highest BCUT2D eigenvalue weighted by molar-refractivity contribution is 7.13. The van der Waals surface area contributed by atoms with Gasteiger partial charge in [-0.25, -0.2) is 4.98 Å². The first-order valence-corrected chi connectivity index (χ1v) is 10.0. The zero-order chi connectivity index (χ0) is 19.3. The molecule has 2 aromatic heterocycles. The Kier molecular flexibility index (Phi) is 5.30. The number of hydrogen-bond acceptors (Lipinski definition) is 4. The van der Waals surface area contributed by atoms with Crippen LogP contribution in [-0.4, -0.2) is 20.7 Å². The second-order valence-electron chi connectivity index (χ2n) is 6.37. The maximum Gasteiger partial charge on any atom is 0.259 e. The van der Waals surface area contributed by atoms with Crippen LogP contribution in [-0.2, 0) is 13.0 Å². The molecular formula is C22H20N4OS. The van der Waals surface area contributed by atoms with Crippen LogP contribution in [0.25, 0.3) is 10.6 Å². The van der Waals surface area contributed by atoms with Gasteiger partial charge in [-0.05, 0) is 36.2 Å². The number of anilines is 1. The van der Waals surface area contributed by atoms with Crippen LogP contribution in [0.5, 0.6) is 0 Å². The number of benzene rings is 2. The third-order valence-corrected chi connectivity index (χ3v) is 5.35. The number of thiazole rings is 1. The van der Waals surface area contributed by atoms with Crippen LogP contribution in [0.3, 0.4) is 0 Å². The fraction of sp³-hybridized carbons (Fsp3) is 0.136. The average molecular weight is 388 g/mol. The fourth-order valence-electron chi connectivity index (χ4n) is 3.13. The molecule has 0 saturated heterocycles. The molecule has 0 unspecified atom stereocenters. The van der Waals surface area contributed by atoms with Gasteiger partial charge in [0.2, 0.25) is 0 Å². The standard InChI is InChI=1S/C22H20N4OS/c1-2-20-19(14-24-26(20)15-16-6-4-3-5-7-16)21(27)25-18-10-8-17(9-11-18)22-23-12-13-28-22/h3-14H,2,15H2,1H3,(H,25,27). The zero-order valence-corrected chi connectivity index (χ0v) is 16.3. The predicted molar refractivity (Wildman–Crippen MR) is 113 cm³/mol. The summed E-state index contributed by atoms with van der Waals surface area (Å²) in [7, 11) is 0. The van der Waals surface area contributed by atoms with Gasteiger partial charge >= 0.3 is 0 Å². The summed E-state index contributed by atoms with van der Waals surface area (Å²) in [5.74, 6) is -0.141. The van der Waals surface area contributed by atoms with E-state index in [9.17, 15) is 4.79 Å². The highest BCUT2D eigenvalue weighted by atomic mass is 32.1. The van der Waals surface area contributed by atoms with Crippen LogP contribution in [0.15, 0.2) is 72.4 Å². The van der Waals surface area contributed by atoms with Gasteiger partial charge in [-0.15, -0.1) is 11.3 Å². The lowest BCUT2D eigenvalue weighted by Gasteiger charge is -2.09. The van der Waals surface area contributed by atoms with E-state index in [0.717, 1.165) is 33.9 Å². The van der Waals surface area contributed by atoms with Crippen LogP contribution in [0.2, 0.25) is 0 Å². The highest BCUT2D eigenvalue weighted by Gasteiger charge is 2.16. The van der Waals surface area contributed by atoms with Gasteiger partial charge in [0.05, 0.1) is 24.0 Å². The van der Waals surface area contributed by atoms with E-state index in [1.54, 1.807) is 23.7 Å². The van der Waals surface area contributed by atoms with Crippen molar-refractivity contribution in [1.29, 1.82) is 0 Å². The van der Waals surface area contributed by atoms with Crippen molar-refractivity contribution < 1.29 is 4.79 Å². The molecule has 0 aliphatic heterocycles. The SMILES string of the molecule is CCc1c(C(=O)Nc2ccc(-c3nccs3)cc2)cnn1Cc1ccccc1. The van der Waals surface area contributed by atoms with Crippen molar-refractivity contribution in [3.63, 3.8) is 0 Å². The third kappa shape index (κ3) is 3.87. The van der Waals surface area contributed by atoms with Gasteiger partial charge in [0, 0.05) is 22.8 Å². The normalized spacial score (nSPS) is 10.8. The smallest absolute Gasteiger partial charge is 0.259 e. The van der Waals surface area contributed by atoms with E-state index in [4.69, 9.17) is 0 Å². The molecule has 28 heavy (non-hydrogen) atoms. The number of nitrogens with zero attached hydrogens (tertiary/aromatic N) is 3. The van der Waals surface area contributed by atoms with Crippen molar-refractivity contribution in [2.24, 2.45) is 0 Å². The molecule has 2 heterocycles. The first-order chi connectivity index (χ1) is 13.7. The van der Waals surface area contributed by atoms with E-state index in [1.165, 1.54) is 0 Å². The largest absolute Gasteiger partial charge is 0.322 e. The van der Waals surface area contributed by atoms with Crippen LogP contribution in [0, 0.1) is 0 Å². The Morgan fingerprint density at radius 1 is 1.11 bits per heavy atom. The van der Waals surface area contributed by atoms with Gasteiger partial charge in [-0.2, -0.15) is 5.10 Å². The topological polar surface area (TPSA) is 59.8 Å². The van der Waals surface area contributed by atoms with E-state index < -0.39 is 0 Å². The molecule has 1 N–H and O–H groups in total. The summed E-state index contributed by atoms with van der Waals surface area (Å²) in [6.45, 7) is 2.69. The number of carbonyl (C=O) groups is 1. The second-order valence-corrected chi connectivity index (χ2v) is 7.27. The second kappa shape index (κ2) is 8.19. The van der Waals surface area contributed by atoms with E-state index in [1.807, 2.05) is 59.5 Å². The number of carbonyl (C=O) groups excluding carboxylic acids is 1. The van der Waals surface area contributed by atoms with Gasteiger partial charge < -0.3 is 5.32 Å². The molecule has 0 spiro atoms. The van der Waals surface area contributed by atoms with Crippen molar-refractivity contribution in [2.75, 3.05) is 5.32 Å². The Balaban J connectivity index is 1.50. The molecule has 6 heteroatoms. The van der Waals surface area contributed by atoms with Gasteiger partial charge in [0.15, 0.2) is 0 Å². The Morgan fingerprint density at radius 3 is 2.57 bits per heavy atom. The molecule has 0 aliphatic carbocycles. The molecular weight excluding hydrogens is 368 g/mol. The van der Waals surface area contributed by atoms with Crippen molar-refractivity contribution in [3.05, 3.63) is 89.2 Å². The molecule has 4 rings (SSSR count). The number of aromatic nitrogens is 3. The number of hydrogen-bond donors (Lipinski definition) is 1. The van der Waals surface area contributed by atoms with Crippen molar-refractivity contribution in [1.82, 2.24) is 14.8 Å².